The van der Waals surface area contributed by atoms with E-state index in [-0.39, 0.29) is 16.9 Å². The number of ketones is 1. The molecule has 0 spiro atoms. The second-order valence-corrected chi connectivity index (χ2v) is 5.11. The summed E-state index contributed by atoms with van der Waals surface area (Å²) in [6.07, 6.45) is 2.89. The summed E-state index contributed by atoms with van der Waals surface area (Å²) >= 11 is 3.36. The van der Waals surface area contributed by atoms with E-state index >= 15 is 0 Å². The van der Waals surface area contributed by atoms with Crippen LogP contribution in [0.2, 0.25) is 0 Å². The summed E-state index contributed by atoms with van der Waals surface area (Å²) in [6, 6.07) is 10.9. The number of aromatic hydroxyl groups is 1. The molecule has 106 valence electrons. The molecule has 0 aromatic heterocycles. The summed E-state index contributed by atoms with van der Waals surface area (Å²) in [4.78, 5) is 23.0. The van der Waals surface area contributed by atoms with Crippen molar-refractivity contribution >= 4 is 33.8 Å². The highest BCUT2D eigenvalue weighted by molar-refractivity contribution is 9.10. The van der Waals surface area contributed by atoms with Crippen LogP contribution in [0.3, 0.4) is 0 Å². The molecule has 0 aliphatic carbocycles. The molecule has 2 aromatic carbocycles. The summed E-state index contributed by atoms with van der Waals surface area (Å²) in [6.45, 7) is 0. The molecule has 0 atom stereocenters. The van der Waals surface area contributed by atoms with E-state index in [1.165, 1.54) is 18.2 Å². The standard InChI is InChI=1S/C16H11BrO4/c17-13-4-2-1-3-10(13)5-7-14(18)12-9-11(16(20)21)6-8-15(12)19/h1-9,19H,(H,20,21)/b7-5+. The fraction of sp³-hybridized carbons (Fsp3) is 0. The fourth-order valence-electron chi connectivity index (χ4n) is 1.73. The molecule has 2 N–H and O–H groups in total. The lowest BCUT2D eigenvalue weighted by Crippen LogP contribution is -2.01. The highest BCUT2D eigenvalue weighted by Crippen LogP contribution is 2.21. The van der Waals surface area contributed by atoms with Gasteiger partial charge in [-0.1, -0.05) is 34.1 Å². The number of carbonyl (C=O) groups is 2. The molecule has 0 fully saturated rings. The van der Waals surface area contributed by atoms with Crippen molar-refractivity contribution in [2.24, 2.45) is 0 Å². The van der Waals surface area contributed by atoms with Crippen LogP contribution in [-0.2, 0) is 0 Å². The number of hydrogen-bond acceptors (Lipinski definition) is 3. The highest BCUT2D eigenvalue weighted by atomic mass is 79.9. The van der Waals surface area contributed by atoms with E-state index in [4.69, 9.17) is 5.11 Å². The Morgan fingerprint density at radius 3 is 2.48 bits per heavy atom. The number of phenols is 1. The van der Waals surface area contributed by atoms with Gasteiger partial charge < -0.3 is 10.2 Å². The Balaban J connectivity index is 2.31. The van der Waals surface area contributed by atoms with Crippen molar-refractivity contribution in [2.45, 2.75) is 0 Å². The lowest BCUT2D eigenvalue weighted by molar-refractivity contribution is 0.0697. The predicted octanol–water partition coefficient (Wildman–Crippen LogP) is 3.75. The number of aromatic carboxylic acids is 1. The molecule has 4 nitrogen and oxygen atoms in total. The molecule has 2 aromatic rings. The quantitative estimate of drug-likeness (QED) is 0.653. The van der Waals surface area contributed by atoms with E-state index in [2.05, 4.69) is 15.9 Å². The minimum atomic E-state index is -1.15. The van der Waals surface area contributed by atoms with E-state index in [1.54, 1.807) is 6.08 Å². The van der Waals surface area contributed by atoms with Gasteiger partial charge in [-0.05, 0) is 42.0 Å². The number of benzene rings is 2. The van der Waals surface area contributed by atoms with Crippen molar-refractivity contribution in [3.8, 4) is 5.75 Å². The van der Waals surface area contributed by atoms with Crippen LogP contribution in [0.4, 0.5) is 0 Å². The van der Waals surface area contributed by atoms with Crippen LogP contribution in [0.15, 0.2) is 53.0 Å². The first-order valence-electron chi connectivity index (χ1n) is 6.02. The Morgan fingerprint density at radius 2 is 1.81 bits per heavy atom. The van der Waals surface area contributed by atoms with Gasteiger partial charge in [0.1, 0.15) is 5.75 Å². The first-order valence-corrected chi connectivity index (χ1v) is 6.81. The van der Waals surface area contributed by atoms with Crippen LogP contribution in [0.1, 0.15) is 26.3 Å². The number of rotatable bonds is 4. The lowest BCUT2D eigenvalue weighted by atomic mass is 10.0. The summed E-state index contributed by atoms with van der Waals surface area (Å²) in [7, 11) is 0. The molecule has 0 aliphatic heterocycles. The van der Waals surface area contributed by atoms with Crippen LogP contribution in [0.5, 0.6) is 5.75 Å². The number of allylic oxidation sites excluding steroid dienone is 1. The molecule has 0 bridgehead atoms. The lowest BCUT2D eigenvalue weighted by Gasteiger charge is -2.02. The van der Waals surface area contributed by atoms with Crippen molar-refractivity contribution in [2.75, 3.05) is 0 Å². The second kappa shape index (κ2) is 6.37. The maximum atomic E-state index is 12.1. The van der Waals surface area contributed by atoms with E-state index < -0.39 is 11.8 Å². The van der Waals surface area contributed by atoms with Crippen LogP contribution in [0, 0.1) is 0 Å². The van der Waals surface area contributed by atoms with Gasteiger partial charge in [0.25, 0.3) is 0 Å². The average Bonchev–Trinajstić information content (AvgIpc) is 2.46. The molecule has 0 saturated heterocycles. The maximum absolute atomic E-state index is 12.1. The normalized spacial score (nSPS) is 10.7. The Morgan fingerprint density at radius 1 is 1.10 bits per heavy atom. The third-order valence-electron chi connectivity index (χ3n) is 2.83. The molecular weight excluding hydrogens is 336 g/mol. The van der Waals surface area contributed by atoms with Gasteiger partial charge in [-0.15, -0.1) is 0 Å². The Kier molecular flexibility index (Phi) is 4.55. The molecule has 0 unspecified atom stereocenters. The van der Waals surface area contributed by atoms with Gasteiger partial charge in [-0.2, -0.15) is 0 Å². The number of hydrogen-bond donors (Lipinski definition) is 2. The molecule has 0 saturated carbocycles. The fourth-order valence-corrected chi connectivity index (χ4v) is 2.15. The third-order valence-corrected chi connectivity index (χ3v) is 3.55. The molecule has 0 amide bonds. The number of carboxylic acid groups (broad SMARTS) is 1. The average molecular weight is 347 g/mol. The van der Waals surface area contributed by atoms with Crippen molar-refractivity contribution in [3.63, 3.8) is 0 Å². The molecule has 0 heterocycles. The van der Waals surface area contributed by atoms with Crippen molar-refractivity contribution in [1.29, 1.82) is 0 Å². The molecule has 5 heteroatoms. The van der Waals surface area contributed by atoms with E-state index in [0.29, 0.717) is 0 Å². The van der Waals surface area contributed by atoms with E-state index in [1.807, 2.05) is 24.3 Å². The first-order chi connectivity index (χ1) is 9.99. The summed E-state index contributed by atoms with van der Waals surface area (Å²) in [5.41, 5.74) is 0.711. The summed E-state index contributed by atoms with van der Waals surface area (Å²) in [5.74, 6) is -1.87. The first kappa shape index (κ1) is 15.0. The van der Waals surface area contributed by atoms with Gasteiger partial charge in [-0.3, -0.25) is 4.79 Å². The SMILES string of the molecule is O=C(O)c1ccc(O)c(C(=O)/C=C/c2ccccc2Br)c1. The predicted molar refractivity (Wildman–Crippen MR) is 82.6 cm³/mol. The van der Waals surface area contributed by atoms with Crippen LogP contribution in [-0.4, -0.2) is 22.0 Å². The number of carbonyl (C=O) groups excluding carboxylic acids is 1. The van der Waals surface area contributed by atoms with Gasteiger partial charge in [0.05, 0.1) is 11.1 Å². The van der Waals surface area contributed by atoms with Crippen molar-refractivity contribution < 1.29 is 19.8 Å². The number of halogens is 1. The minimum Gasteiger partial charge on any atom is -0.507 e. The van der Waals surface area contributed by atoms with Gasteiger partial charge >= 0.3 is 5.97 Å². The minimum absolute atomic E-state index is 0.0433. The van der Waals surface area contributed by atoms with Crippen LogP contribution in [0.25, 0.3) is 6.08 Å². The zero-order chi connectivity index (χ0) is 15.4. The van der Waals surface area contributed by atoms with Gasteiger partial charge in [-0.25, -0.2) is 4.79 Å². The Hall–Kier alpha value is -2.40. The molecular formula is C16H11BrO4. The Bertz CT molecular complexity index is 735. The molecule has 21 heavy (non-hydrogen) atoms. The largest absolute Gasteiger partial charge is 0.507 e. The van der Waals surface area contributed by atoms with Gasteiger partial charge in [0, 0.05) is 4.47 Å². The zero-order valence-corrected chi connectivity index (χ0v) is 12.4. The highest BCUT2D eigenvalue weighted by Gasteiger charge is 2.12. The third kappa shape index (κ3) is 3.58. The van der Waals surface area contributed by atoms with Crippen LogP contribution < -0.4 is 0 Å². The number of carboxylic acids is 1. The monoisotopic (exact) mass is 346 g/mol. The van der Waals surface area contributed by atoms with Gasteiger partial charge in [0.2, 0.25) is 0 Å². The smallest absolute Gasteiger partial charge is 0.335 e. The van der Waals surface area contributed by atoms with E-state index in [9.17, 15) is 14.7 Å². The zero-order valence-electron chi connectivity index (χ0n) is 10.8. The Labute approximate surface area is 129 Å². The topological polar surface area (TPSA) is 74.6 Å². The van der Waals surface area contributed by atoms with Crippen LogP contribution >= 0.6 is 15.9 Å². The second-order valence-electron chi connectivity index (χ2n) is 4.26. The summed E-state index contributed by atoms with van der Waals surface area (Å²) < 4.78 is 0.831. The van der Waals surface area contributed by atoms with Gasteiger partial charge in [0.15, 0.2) is 5.78 Å². The van der Waals surface area contributed by atoms with Crippen molar-refractivity contribution in [3.05, 3.63) is 69.7 Å². The maximum Gasteiger partial charge on any atom is 0.335 e. The molecule has 0 radical (unpaired) electrons. The van der Waals surface area contributed by atoms with E-state index in [0.717, 1.165) is 16.1 Å². The summed E-state index contributed by atoms with van der Waals surface area (Å²) in [5, 5.41) is 18.6. The van der Waals surface area contributed by atoms with Crippen molar-refractivity contribution in [1.82, 2.24) is 0 Å². The number of phenolic OH excluding ortho intramolecular Hbond substituents is 1. The molecule has 0 aliphatic rings. The molecule has 2 rings (SSSR count).